The maximum atomic E-state index is 11.6. The fourth-order valence-electron chi connectivity index (χ4n) is 1.58. The molecule has 1 unspecified atom stereocenters. The summed E-state index contributed by atoms with van der Waals surface area (Å²) in [5.41, 5.74) is 5.05. The highest BCUT2D eigenvalue weighted by Gasteiger charge is 2.31. The molecule has 1 aromatic carbocycles. The highest BCUT2D eigenvalue weighted by atomic mass is 16.8. The zero-order valence-electron chi connectivity index (χ0n) is 10.8. The van der Waals surface area contributed by atoms with Crippen molar-refractivity contribution < 1.29 is 24.1 Å². The Morgan fingerprint density at radius 2 is 2.05 bits per heavy atom. The molecule has 0 saturated heterocycles. The van der Waals surface area contributed by atoms with E-state index in [9.17, 15) is 14.5 Å². The molecule has 104 valence electrons. The highest BCUT2D eigenvalue weighted by Crippen LogP contribution is 2.28. The lowest BCUT2D eigenvalue weighted by atomic mass is 9.96. The minimum Gasteiger partial charge on any atom is -0.465 e. The Morgan fingerprint density at radius 3 is 2.50 bits per heavy atom. The maximum Gasteiger partial charge on any atom is 0.338 e. The predicted molar refractivity (Wildman–Crippen MR) is 65.6 cm³/mol. The van der Waals surface area contributed by atoms with Crippen LogP contribution in [-0.4, -0.2) is 31.0 Å². The van der Waals surface area contributed by atoms with Crippen LogP contribution in [-0.2, 0) is 14.4 Å². The molecule has 1 atom stereocenters. The number of nitriles is 1. The number of esters is 1. The fraction of sp³-hybridized carbons (Fsp3) is 0.250. The summed E-state index contributed by atoms with van der Waals surface area (Å²) >= 11 is 0. The van der Waals surface area contributed by atoms with Gasteiger partial charge in [-0.3, -0.25) is 4.79 Å². The van der Waals surface area contributed by atoms with Gasteiger partial charge < -0.3 is 10.5 Å². The lowest BCUT2D eigenvalue weighted by Crippen LogP contribution is -2.21. The molecule has 20 heavy (non-hydrogen) atoms. The molecule has 0 aromatic heterocycles. The first-order valence-electron chi connectivity index (χ1n) is 5.38. The summed E-state index contributed by atoms with van der Waals surface area (Å²) in [5, 5.41) is 8.95. The third-order valence-corrected chi connectivity index (χ3v) is 2.54. The zero-order valence-corrected chi connectivity index (χ0v) is 10.8. The molecule has 2 N–H and O–H groups in total. The van der Waals surface area contributed by atoms with Crippen molar-refractivity contribution in [1.29, 1.82) is 5.26 Å². The maximum absolute atomic E-state index is 11.6. The molecule has 0 heterocycles. The van der Waals surface area contributed by atoms with E-state index in [0.29, 0.717) is 0 Å². The molecule has 8 nitrogen and oxygen atoms in total. The van der Waals surface area contributed by atoms with Crippen LogP contribution in [0.3, 0.4) is 0 Å². The van der Waals surface area contributed by atoms with Crippen LogP contribution < -0.4 is 5.73 Å². The number of rotatable bonds is 5. The minimum absolute atomic E-state index is 0.0458. The van der Waals surface area contributed by atoms with Crippen molar-refractivity contribution in [3.8, 4) is 6.07 Å². The van der Waals surface area contributed by atoms with Crippen LogP contribution in [0, 0.1) is 16.2 Å². The Bertz CT molecular complexity index is 606. The first-order chi connectivity index (χ1) is 9.46. The number of nitrogens with two attached hydrogens (primary N) is 1. The Hall–Kier alpha value is -2.95. The number of methoxy groups -OCH3 is 1. The number of primary amides is 1. The van der Waals surface area contributed by atoms with Crippen LogP contribution in [0.4, 0.5) is 5.69 Å². The van der Waals surface area contributed by atoms with E-state index in [-0.39, 0.29) is 21.7 Å². The second-order valence-corrected chi connectivity index (χ2v) is 3.67. The van der Waals surface area contributed by atoms with Crippen molar-refractivity contribution in [1.82, 2.24) is 0 Å². The molecule has 0 spiro atoms. The molecule has 0 radical (unpaired) electrons. The molecule has 0 aliphatic carbocycles. The van der Waals surface area contributed by atoms with E-state index in [4.69, 9.17) is 11.0 Å². The topological polar surface area (TPSA) is 122 Å². The van der Waals surface area contributed by atoms with Crippen molar-refractivity contribution in [3.05, 3.63) is 34.2 Å². The number of carbonyl (C=O) groups is 2. The standard InChI is InChI=1S/C12H11N3O5/c1-19-12(17)7-3-4-8(9(6-13)11(14)16)10(5-7)15(18)20-2/h3-5,9H,1-2H3,(H-,14,16)/p+1. The zero-order chi connectivity index (χ0) is 15.3. The van der Waals surface area contributed by atoms with Gasteiger partial charge >= 0.3 is 11.7 Å². The second kappa shape index (κ2) is 6.29. The van der Waals surface area contributed by atoms with E-state index >= 15 is 0 Å². The average molecular weight is 278 g/mol. The Balaban J connectivity index is 3.45. The number of carbonyl (C=O) groups excluding carboxylic acids is 2. The largest absolute Gasteiger partial charge is 0.465 e. The molecular weight excluding hydrogens is 266 g/mol. The van der Waals surface area contributed by atoms with Crippen LogP contribution in [0.2, 0.25) is 0 Å². The smallest absolute Gasteiger partial charge is 0.338 e. The van der Waals surface area contributed by atoms with Crippen molar-refractivity contribution >= 4 is 17.6 Å². The normalized spacial score (nSPS) is 11.1. The lowest BCUT2D eigenvalue weighted by molar-refractivity contribution is -0.737. The van der Waals surface area contributed by atoms with Gasteiger partial charge in [-0.15, -0.1) is 0 Å². The second-order valence-electron chi connectivity index (χ2n) is 3.67. The summed E-state index contributed by atoms with van der Waals surface area (Å²) in [6.45, 7) is 0. The molecule has 0 aliphatic rings. The summed E-state index contributed by atoms with van der Waals surface area (Å²) in [7, 11) is 2.29. The van der Waals surface area contributed by atoms with E-state index in [1.165, 1.54) is 19.2 Å². The molecule has 8 heteroatoms. The van der Waals surface area contributed by atoms with Crippen molar-refractivity contribution in [2.24, 2.45) is 5.73 Å². The predicted octanol–water partition coefficient (Wildman–Crippen LogP) is 0.537. The van der Waals surface area contributed by atoms with E-state index < -0.39 is 17.8 Å². The molecule has 0 fully saturated rings. The van der Waals surface area contributed by atoms with Gasteiger partial charge in [-0.2, -0.15) is 5.26 Å². The van der Waals surface area contributed by atoms with E-state index in [1.54, 1.807) is 6.07 Å². The minimum atomic E-state index is -1.33. The number of amides is 1. The van der Waals surface area contributed by atoms with Crippen molar-refractivity contribution in [2.75, 3.05) is 14.2 Å². The molecular formula is C12H12N3O5+. The van der Waals surface area contributed by atoms with E-state index in [2.05, 4.69) is 9.57 Å². The number of hydrogen-bond acceptors (Lipinski definition) is 6. The Kier molecular flexibility index (Phi) is 4.75. The van der Waals surface area contributed by atoms with Gasteiger partial charge in [0, 0.05) is 6.07 Å². The highest BCUT2D eigenvalue weighted by molar-refractivity contribution is 5.91. The Morgan fingerprint density at radius 1 is 1.40 bits per heavy atom. The third kappa shape index (κ3) is 2.89. The van der Waals surface area contributed by atoms with Gasteiger partial charge in [0.05, 0.1) is 29.2 Å². The summed E-state index contributed by atoms with van der Waals surface area (Å²) in [6.07, 6.45) is 0. The average Bonchev–Trinajstić information content (AvgIpc) is 2.46. The van der Waals surface area contributed by atoms with Crippen molar-refractivity contribution in [3.63, 3.8) is 0 Å². The lowest BCUT2D eigenvalue weighted by Gasteiger charge is -2.06. The quantitative estimate of drug-likeness (QED) is 0.619. The van der Waals surface area contributed by atoms with Crippen LogP contribution in [0.15, 0.2) is 18.2 Å². The van der Waals surface area contributed by atoms with Crippen LogP contribution >= 0.6 is 0 Å². The Labute approximate surface area is 114 Å². The van der Waals surface area contributed by atoms with Gasteiger partial charge in [0.15, 0.2) is 13.0 Å². The summed E-state index contributed by atoms with van der Waals surface area (Å²) in [4.78, 5) is 38.8. The number of ether oxygens (including phenoxy) is 1. The summed E-state index contributed by atoms with van der Waals surface area (Å²) in [5.74, 6) is -2.91. The number of benzene rings is 1. The molecule has 1 rings (SSSR count). The van der Waals surface area contributed by atoms with Crippen LogP contribution in [0.5, 0.6) is 0 Å². The van der Waals surface area contributed by atoms with E-state index in [0.717, 1.165) is 13.2 Å². The van der Waals surface area contributed by atoms with Crippen molar-refractivity contribution in [2.45, 2.75) is 5.92 Å². The molecule has 1 aromatic rings. The van der Waals surface area contributed by atoms with Gasteiger partial charge in [0.2, 0.25) is 5.91 Å². The number of hydrogen-bond donors (Lipinski definition) is 1. The van der Waals surface area contributed by atoms with Gasteiger partial charge in [0.1, 0.15) is 0 Å². The molecule has 1 amide bonds. The summed E-state index contributed by atoms with van der Waals surface area (Å²) in [6, 6.07) is 5.45. The molecule has 0 aliphatic heterocycles. The van der Waals surface area contributed by atoms with Crippen LogP contribution in [0.1, 0.15) is 21.8 Å². The first-order valence-corrected chi connectivity index (χ1v) is 5.38. The van der Waals surface area contributed by atoms with Gasteiger partial charge in [-0.25, -0.2) is 9.63 Å². The monoisotopic (exact) mass is 278 g/mol. The fourth-order valence-corrected chi connectivity index (χ4v) is 1.58. The third-order valence-electron chi connectivity index (χ3n) is 2.54. The molecule has 0 saturated carbocycles. The molecule has 0 bridgehead atoms. The SMILES string of the molecule is COC(=O)c1ccc(C(C#N)C(N)=O)c([N+](=O)OC)c1. The van der Waals surface area contributed by atoms with E-state index in [1.807, 2.05) is 0 Å². The number of nitrogens with zero attached hydrogens (tertiary/aromatic N) is 2. The summed E-state index contributed by atoms with van der Waals surface area (Å²) < 4.78 is 4.52. The van der Waals surface area contributed by atoms with Gasteiger partial charge in [0.25, 0.3) is 4.92 Å². The van der Waals surface area contributed by atoms with Gasteiger partial charge in [-0.05, 0) is 12.1 Å². The first kappa shape index (κ1) is 15.1. The van der Waals surface area contributed by atoms with Gasteiger partial charge in [-0.1, -0.05) is 0 Å². The van der Waals surface area contributed by atoms with Crippen LogP contribution in [0.25, 0.3) is 0 Å².